The van der Waals surface area contributed by atoms with Crippen molar-refractivity contribution in [1.29, 1.82) is 0 Å². The van der Waals surface area contributed by atoms with E-state index in [0.717, 1.165) is 4.47 Å². The van der Waals surface area contributed by atoms with E-state index in [-0.39, 0.29) is 11.6 Å². The van der Waals surface area contributed by atoms with Crippen LogP contribution in [-0.4, -0.2) is 22.6 Å². The molecule has 0 radical (unpaired) electrons. The van der Waals surface area contributed by atoms with E-state index in [1.807, 2.05) is 31.2 Å². The highest BCUT2D eigenvalue weighted by Gasteiger charge is 2.07. The largest absolute Gasteiger partial charge is 0.438 e. The highest BCUT2D eigenvalue weighted by atomic mass is 79.9. The summed E-state index contributed by atoms with van der Waals surface area (Å²) in [7, 11) is 0. The van der Waals surface area contributed by atoms with E-state index in [2.05, 4.69) is 31.4 Å². The van der Waals surface area contributed by atoms with Crippen LogP contribution in [0.25, 0.3) is 0 Å². The summed E-state index contributed by atoms with van der Waals surface area (Å²) in [6, 6.07) is 10.5. The van der Waals surface area contributed by atoms with Gasteiger partial charge >= 0.3 is 0 Å². The number of aromatic nitrogens is 2. The van der Waals surface area contributed by atoms with Crippen LogP contribution in [0.1, 0.15) is 17.4 Å². The van der Waals surface area contributed by atoms with E-state index in [4.69, 9.17) is 4.74 Å². The predicted octanol–water partition coefficient (Wildman–Crippen LogP) is 2.78. The Labute approximate surface area is 119 Å². The average molecular weight is 322 g/mol. The number of rotatable bonds is 4. The lowest BCUT2D eigenvalue weighted by Crippen LogP contribution is -2.23. The molecule has 2 rings (SSSR count). The second-order valence-electron chi connectivity index (χ2n) is 3.67. The summed E-state index contributed by atoms with van der Waals surface area (Å²) in [5, 5.41) is 10.3. The fourth-order valence-electron chi connectivity index (χ4n) is 1.37. The zero-order chi connectivity index (χ0) is 13.7. The summed E-state index contributed by atoms with van der Waals surface area (Å²) in [5.41, 5.74) is 0.269. The minimum Gasteiger partial charge on any atom is -0.438 e. The minimum absolute atomic E-state index is 0.245. The zero-order valence-electron chi connectivity index (χ0n) is 10.3. The van der Waals surface area contributed by atoms with Gasteiger partial charge in [0.25, 0.3) is 5.91 Å². The number of hydrogen-bond donors (Lipinski definition) is 1. The first kappa shape index (κ1) is 13.5. The summed E-state index contributed by atoms with van der Waals surface area (Å²) in [4.78, 5) is 11.5. The monoisotopic (exact) mass is 321 g/mol. The molecule has 0 fully saturated rings. The Balaban J connectivity index is 2.06. The number of amides is 1. The van der Waals surface area contributed by atoms with Crippen LogP contribution in [0.4, 0.5) is 0 Å². The summed E-state index contributed by atoms with van der Waals surface area (Å²) >= 11 is 3.34. The van der Waals surface area contributed by atoms with Gasteiger partial charge in [-0.25, -0.2) is 0 Å². The predicted molar refractivity (Wildman–Crippen MR) is 74.3 cm³/mol. The van der Waals surface area contributed by atoms with Crippen LogP contribution in [0, 0.1) is 0 Å². The second kappa shape index (κ2) is 6.29. The van der Waals surface area contributed by atoms with E-state index in [1.54, 1.807) is 12.1 Å². The summed E-state index contributed by atoms with van der Waals surface area (Å²) in [6.07, 6.45) is 0. The fourth-order valence-corrected chi connectivity index (χ4v) is 1.63. The Morgan fingerprint density at radius 3 is 2.53 bits per heavy atom. The Morgan fingerprint density at radius 2 is 1.95 bits per heavy atom. The molecule has 0 bridgehead atoms. The van der Waals surface area contributed by atoms with Crippen molar-refractivity contribution in [3.63, 3.8) is 0 Å². The van der Waals surface area contributed by atoms with Gasteiger partial charge in [-0.3, -0.25) is 4.79 Å². The second-order valence-corrected chi connectivity index (χ2v) is 4.59. The molecular formula is C13H12BrN3O2. The van der Waals surface area contributed by atoms with Gasteiger partial charge in [-0.1, -0.05) is 15.9 Å². The average Bonchev–Trinajstić information content (AvgIpc) is 2.42. The summed E-state index contributed by atoms with van der Waals surface area (Å²) in [6.45, 7) is 2.40. The molecule has 0 spiro atoms. The lowest BCUT2D eigenvalue weighted by Gasteiger charge is -2.05. The molecule has 1 heterocycles. The van der Waals surface area contributed by atoms with Crippen LogP contribution >= 0.6 is 15.9 Å². The van der Waals surface area contributed by atoms with Crippen molar-refractivity contribution in [3.05, 3.63) is 46.6 Å². The van der Waals surface area contributed by atoms with Gasteiger partial charge < -0.3 is 10.1 Å². The maximum absolute atomic E-state index is 11.5. The lowest BCUT2D eigenvalue weighted by molar-refractivity contribution is 0.0949. The van der Waals surface area contributed by atoms with Crippen molar-refractivity contribution in [2.24, 2.45) is 0 Å². The number of carbonyl (C=O) groups is 1. The van der Waals surface area contributed by atoms with Gasteiger partial charge in [-0.05, 0) is 37.3 Å². The van der Waals surface area contributed by atoms with Crippen LogP contribution in [0.15, 0.2) is 40.9 Å². The third-order valence-electron chi connectivity index (χ3n) is 2.25. The van der Waals surface area contributed by atoms with E-state index in [9.17, 15) is 4.79 Å². The van der Waals surface area contributed by atoms with Crippen molar-refractivity contribution in [2.45, 2.75) is 6.92 Å². The van der Waals surface area contributed by atoms with E-state index in [1.165, 1.54) is 0 Å². The molecule has 0 unspecified atom stereocenters. The Hall–Kier alpha value is -1.95. The minimum atomic E-state index is -0.245. The quantitative estimate of drug-likeness (QED) is 0.940. The molecule has 0 saturated carbocycles. The molecule has 0 aliphatic rings. The molecule has 19 heavy (non-hydrogen) atoms. The molecule has 0 aliphatic heterocycles. The van der Waals surface area contributed by atoms with Crippen molar-refractivity contribution < 1.29 is 9.53 Å². The zero-order valence-corrected chi connectivity index (χ0v) is 11.8. The van der Waals surface area contributed by atoms with Crippen LogP contribution in [0.2, 0.25) is 0 Å². The molecule has 1 amide bonds. The summed E-state index contributed by atoms with van der Waals surface area (Å²) < 4.78 is 6.47. The molecular weight excluding hydrogens is 310 g/mol. The molecule has 2 aromatic rings. The van der Waals surface area contributed by atoms with Crippen molar-refractivity contribution in [3.8, 4) is 11.6 Å². The van der Waals surface area contributed by atoms with Gasteiger partial charge in [-0.15, -0.1) is 10.2 Å². The molecule has 98 valence electrons. The van der Waals surface area contributed by atoms with Gasteiger partial charge in [0.05, 0.1) is 0 Å². The van der Waals surface area contributed by atoms with Gasteiger partial charge in [0.2, 0.25) is 5.88 Å². The number of ether oxygens (including phenoxy) is 1. The first-order valence-electron chi connectivity index (χ1n) is 5.74. The maximum atomic E-state index is 11.5. The standard InChI is InChI=1S/C13H12BrN3O2/c1-2-15-13(18)11-7-8-12(17-16-11)19-10-5-3-9(14)4-6-10/h3-8H,2H2,1H3,(H,15,18). The Bertz CT molecular complexity index is 555. The molecule has 1 N–H and O–H groups in total. The van der Waals surface area contributed by atoms with Crippen LogP contribution in [0.5, 0.6) is 11.6 Å². The SMILES string of the molecule is CCNC(=O)c1ccc(Oc2ccc(Br)cc2)nn1. The Morgan fingerprint density at radius 1 is 1.21 bits per heavy atom. The Kier molecular flexibility index (Phi) is 4.46. The van der Waals surface area contributed by atoms with Crippen LogP contribution < -0.4 is 10.1 Å². The highest BCUT2D eigenvalue weighted by molar-refractivity contribution is 9.10. The van der Waals surface area contributed by atoms with E-state index in [0.29, 0.717) is 18.2 Å². The molecule has 1 aromatic carbocycles. The van der Waals surface area contributed by atoms with Gasteiger partial charge in [0.1, 0.15) is 5.75 Å². The maximum Gasteiger partial charge on any atom is 0.271 e. The molecule has 0 atom stereocenters. The highest BCUT2D eigenvalue weighted by Crippen LogP contribution is 2.21. The van der Waals surface area contributed by atoms with Crippen molar-refractivity contribution in [1.82, 2.24) is 15.5 Å². The van der Waals surface area contributed by atoms with Crippen LogP contribution in [0.3, 0.4) is 0 Å². The molecule has 0 aliphatic carbocycles. The normalized spacial score (nSPS) is 10.0. The fraction of sp³-hybridized carbons (Fsp3) is 0.154. The first-order chi connectivity index (χ1) is 9.19. The topological polar surface area (TPSA) is 64.1 Å². The number of hydrogen-bond acceptors (Lipinski definition) is 4. The third kappa shape index (κ3) is 3.75. The molecule has 1 aromatic heterocycles. The number of nitrogens with one attached hydrogen (secondary N) is 1. The lowest BCUT2D eigenvalue weighted by atomic mass is 10.3. The smallest absolute Gasteiger partial charge is 0.271 e. The number of benzene rings is 1. The van der Waals surface area contributed by atoms with Gasteiger partial charge in [0.15, 0.2) is 5.69 Å². The van der Waals surface area contributed by atoms with Crippen LogP contribution in [-0.2, 0) is 0 Å². The first-order valence-corrected chi connectivity index (χ1v) is 6.53. The molecule has 0 saturated heterocycles. The van der Waals surface area contributed by atoms with E-state index >= 15 is 0 Å². The van der Waals surface area contributed by atoms with Gasteiger partial charge in [-0.2, -0.15) is 0 Å². The number of halogens is 1. The molecule has 5 nitrogen and oxygen atoms in total. The third-order valence-corrected chi connectivity index (χ3v) is 2.77. The number of carbonyl (C=O) groups excluding carboxylic acids is 1. The van der Waals surface area contributed by atoms with Gasteiger partial charge in [0, 0.05) is 17.1 Å². The van der Waals surface area contributed by atoms with Crippen molar-refractivity contribution in [2.75, 3.05) is 6.54 Å². The number of nitrogens with zero attached hydrogens (tertiary/aromatic N) is 2. The molecule has 6 heteroatoms. The summed E-state index contributed by atoms with van der Waals surface area (Å²) in [5.74, 6) is 0.754. The van der Waals surface area contributed by atoms with Crippen molar-refractivity contribution >= 4 is 21.8 Å². The van der Waals surface area contributed by atoms with E-state index < -0.39 is 0 Å².